The summed E-state index contributed by atoms with van der Waals surface area (Å²) >= 11 is 0. The smallest absolute Gasteiger partial charge is 0.300 e. The van der Waals surface area contributed by atoms with Crippen LogP contribution in [0, 0.1) is 0 Å². The van der Waals surface area contributed by atoms with E-state index in [4.69, 9.17) is 9.47 Å². The van der Waals surface area contributed by atoms with Gasteiger partial charge in [0.05, 0.1) is 24.3 Å². The summed E-state index contributed by atoms with van der Waals surface area (Å²) in [6, 6.07) is 19.6. The van der Waals surface area contributed by atoms with Crippen LogP contribution in [-0.2, 0) is 9.59 Å². The summed E-state index contributed by atoms with van der Waals surface area (Å²) in [5.41, 5.74) is 3.84. The number of aliphatic hydroxyl groups excluding tert-OH is 1. The Kier molecular flexibility index (Phi) is 8.67. The first-order valence-corrected chi connectivity index (χ1v) is 14.0. The monoisotopic (exact) mass is 541 g/mol. The van der Waals surface area contributed by atoms with Gasteiger partial charge in [0.15, 0.2) is 0 Å². The number of benzene rings is 3. The fraction of sp³-hybridized carbons (Fsp3) is 0.353. The molecule has 0 aromatic heterocycles. The van der Waals surface area contributed by atoms with Crippen LogP contribution in [0.3, 0.4) is 0 Å². The number of ketones is 1. The third-order valence-corrected chi connectivity index (χ3v) is 7.06. The SMILES string of the molecule is CCOc1ccc(/C(O)=C2/C(=O)C(=O)N(c3ccc(C(C)C)cc3)C2c2ccc(OC(C)C)cc2)cc1C(C)C. The van der Waals surface area contributed by atoms with Crippen LogP contribution in [0.2, 0.25) is 0 Å². The number of Topliss-reactive ketones (excluding diaryl/α,β-unsaturated/α-hetero) is 1. The van der Waals surface area contributed by atoms with E-state index in [9.17, 15) is 14.7 Å². The Hall–Kier alpha value is -4.06. The Labute approximate surface area is 237 Å². The van der Waals surface area contributed by atoms with Crippen LogP contribution < -0.4 is 14.4 Å². The van der Waals surface area contributed by atoms with Crippen LogP contribution in [0.1, 0.15) is 88.6 Å². The van der Waals surface area contributed by atoms with Gasteiger partial charge in [0.25, 0.3) is 11.7 Å². The summed E-state index contributed by atoms with van der Waals surface area (Å²) < 4.78 is 11.6. The summed E-state index contributed by atoms with van der Waals surface area (Å²) in [6.45, 7) is 14.6. The van der Waals surface area contributed by atoms with Gasteiger partial charge in [0.1, 0.15) is 17.3 Å². The molecule has 1 aliphatic heterocycles. The van der Waals surface area contributed by atoms with Gasteiger partial charge >= 0.3 is 0 Å². The van der Waals surface area contributed by atoms with Gasteiger partial charge in [-0.3, -0.25) is 14.5 Å². The predicted octanol–water partition coefficient (Wildman–Crippen LogP) is 7.75. The predicted molar refractivity (Wildman–Crippen MR) is 159 cm³/mol. The number of rotatable bonds is 9. The van der Waals surface area contributed by atoms with Gasteiger partial charge in [-0.2, -0.15) is 0 Å². The highest BCUT2D eigenvalue weighted by Crippen LogP contribution is 2.43. The van der Waals surface area contributed by atoms with Crippen molar-refractivity contribution >= 4 is 23.1 Å². The van der Waals surface area contributed by atoms with Crippen molar-refractivity contribution in [3.05, 3.63) is 94.6 Å². The van der Waals surface area contributed by atoms with Crippen molar-refractivity contribution in [2.24, 2.45) is 0 Å². The van der Waals surface area contributed by atoms with Crippen molar-refractivity contribution in [2.45, 2.75) is 72.4 Å². The van der Waals surface area contributed by atoms with E-state index in [-0.39, 0.29) is 23.4 Å². The second kappa shape index (κ2) is 12.0. The first-order valence-electron chi connectivity index (χ1n) is 14.0. The maximum Gasteiger partial charge on any atom is 0.300 e. The minimum atomic E-state index is -0.813. The average molecular weight is 542 g/mol. The molecule has 0 saturated carbocycles. The Balaban J connectivity index is 1.89. The molecule has 1 heterocycles. The third-order valence-electron chi connectivity index (χ3n) is 7.06. The lowest BCUT2D eigenvalue weighted by atomic mass is 9.93. The normalized spacial score (nSPS) is 16.9. The van der Waals surface area contributed by atoms with Crippen LogP contribution in [0.15, 0.2) is 72.3 Å². The molecule has 6 heteroatoms. The van der Waals surface area contributed by atoms with E-state index in [1.165, 1.54) is 4.90 Å². The van der Waals surface area contributed by atoms with Crippen LogP contribution in [0.5, 0.6) is 11.5 Å². The maximum atomic E-state index is 13.6. The van der Waals surface area contributed by atoms with Gasteiger partial charge in [-0.25, -0.2) is 0 Å². The number of aliphatic hydroxyl groups is 1. The number of hydrogen-bond acceptors (Lipinski definition) is 5. The zero-order chi connectivity index (χ0) is 29.1. The van der Waals surface area contributed by atoms with Crippen LogP contribution in [0.4, 0.5) is 5.69 Å². The van der Waals surface area contributed by atoms with Gasteiger partial charge in [-0.1, -0.05) is 52.0 Å². The molecule has 1 saturated heterocycles. The zero-order valence-electron chi connectivity index (χ0n) is 24.4. The molecule has 1 aliphatic rings. The van der Waals surface area contributed by atoms with E-state index in [0.717, 1.165) is 16.9 Å². The van der Waals surface area contributed by atoms with E-state index >= 15 is 0 Å². The van der Waals surface area contributed by atoms with Crippen molar-refractivity contribution in [1.82, 2.24) is 0 Å². The van der Waals surface area contributed by atoms with E-state index in [2.05, 4.69) is 13.8 Å². The highest BCUT2D eigenvalue weighted by molar-refractivity contribution is 6.51. The lowest BCUT2D eigenvalue weighted by Crippen LogP contribution is -2.29. The molecule has 1 atom stereocenters. The topological polar surface area (TPSA) is 76.1 Å². The molecule has 0 spiro atoms. The zero-order valence-corrected chi connectivity index (χ0v) is 24.4. The van der Waals surface area contributed by atoms with E-state index in [1.807, 2.05) is 95.3 Å². The Morgan fingerprint density at radius 1 is 0.875 bits per heavy atom. The molecule has 3 aromatic carbocycles. The second-order valence-corrected chi connectivity index (χ2v) is 11.0. The highest BCUT2D eigenvalue weighted by atomic mass is 16.5. The Bertz CT molecular complexity index is 1400. The molecular weight excluding hydrogens is 502 g/mol. The Morgan fingerprint density at radius 2 is 1.52 bits per heavy atom. The molecule has 6 nitrogen and oxygen atoms in total. The number of carbonyl (C=O) groups is 2. The number of carbonyl (C=O) groups excluding carboxylic acids is 2. The molecule has 210 valence electrons. The molecule has 0 bridgehead atoms. The van der Waals surface area contributed by atoms with Gasteiger partial charge < -0.3 is 14.6 Å². The van der Waals surface area contributed by atoms with Gasteiger partial charge in [0.2, 0.25) is 0 Å². The molecule has 0 aliphatic carbocycles. The molecule has 1 fully saturated rings. The van der Waals surface area contributed by atoms with Crippen molar-refractivity contribution in [1.29, 1.82) is 0 Å². The fourth-order valence-electron chi connectivity index (χ4n) is 5.02. The summed E-state index contributed by atoms with van der Waals surface area (Å²) in [7, 11) is 0. The van der Waals surface area contributed by atoms with Crippen molar-refractivity contribution in [3.8, 4) is 11.5 Å². The highest BCUT2D eigenvalue weighted by Gasteiger charge is 2.47. The number of anilines is 1. The van der Waals surface area contributed by atoms with Crippen LogP contribution in [0.25, 0.3) is 5.76 Å². The third kappa shape index (κ3) is 5.76. The van der Waals surface area contributed by atoms with E-state index in [1.54, 1.807) is 6.07 Å². The fourth-order valence-corrected chi connectivity index (χ4v) is 5.02. The second-order valence-electron chi connectivity index (χ2n) is 11.0. The quantitative estimate of drug-likeness (QED) is 0.170. The summed E-state index contributed by atoms with van der Waals surface area (Å²) in [6.07, 6.45) is 0.00534. The van der Waals surface area contributed by atoms with Gasteiger partial charge in [0, 0.05) is 11.3 Å². The summed E-state index contributed by atoms with van der Waals surface area (Å²) in [4.78, 5) is 28.7. The largest absolute Gasteiger partial charge is 0.507 e. The van der Waals surface area contributed by atoms with Crippen molar-refractivity contribution in [2.75, 3.05) is 11.5 Å². The lowest BCUT2D eigenvalue weighted by Gasteiger charge is -2.26. The van der Waals surface area contributed by atoms with Crippen molar-refractivity contribution in [3.63, 3.8) is 0 Å². The molecular formula is C34H39NO5. The van der Waals surface area contributed by atoms with E-state index < -0.39 is 17.7 Å². The Morgan fingerprint density at radius 3 is 2.08 bits per heavy atom. The van der Waals surface area contributed by atoms with Crippen LogP contribution in [-0.4, -0.2) is 29.5 Å². The molecule has 3 aromatic rings. The average Bonchev–Trinajstić information content (AvgIpc) is 3.18. The van der Waals surface area contributed by atoms with E-state index in [0.29, 0.717) is 35.1 Å². The molecule has 0 radical (unpaired) electrons. The lowest BCUT2D eigenvalue weighted by molar-refractivity contribution is -0.132. The van der Waals surface area contributed by atoms with Gasteiger partial charge in [-0.15, -0.1) is 0 Å². The summed E-state index contributed by atoms with van der Waals surface area (Å²) in [5.74, 6) is 0.252. The molecule has 40 heavy (non-hydrogen) atoms. The van der Waals surface area contributed by atoms with Gasteiger partial charge in [-0.05, 0) is 91.8 Å². The number of hydrogen-bond donors (Lipinski definition) is 1. The molecule has 1 unspecified atom stereocenters. The number of amides is 1. The maximum absolute atomic E-state index is 13.6. The number of ether oxygens (including phenoxy) is 2. The first kappa shape index (κ1) is 28.9. The minimum absolute atomic E-state index is 0.00534. The van der Waals surface area contributed by atoms with Crippen molar-refractivity contribution < 1.29 is 24.2 Å². The summed E-state index contributed by atoms with van der Waals surface area (Å²) in [5, 5.41) is 11.6. The standard InChI is InChI=1S/C34H39NO5/c1-8-39-29-18-13-25(19-28(29)21(4)5)32(36)30-31(24-11-16-27(17-12-24)40-22(6)7)35(34(38)33(30)37)26-14-9-23(10-15-26)20(2)3/h9-22,31,36H,8H2,1-7H3/b32-30-. The van der Waals surface area contributed by atoms with Crippen LogP contribution >= 0.6 is 0 Å². The number of nitrogens with zero attached hydrogens (tertiary/aromatic N) is 1. The molecule has 1 amide bonds. The molecule has 4 rings (SSSR count). The molecule has 1 N–H and O–H groups in total. The first-order chi connectivity index (χ1) is 19.0. The minimum Gasteiger partial charge on any atom is -0.507 e.